The zero-order valence-electron chi connectivity index (χ0n) is 13.2. The summed E-state index contributed by atoms with van der Waals surface area (Å²) in [5.41, 5.74) is 1.54. The molecule has 0 aliphatic rings. The zero-order valence-corrected chi connectivity index (χ0v) is 13.2. The predicted molar refractivity (Wildman–Crippen MR) is 87.7 cm³/mol. The number of anilines is 1. The molecule has 2 rings (SSSR count). The quantitative estimate of drug-likeness (QED) is 0.916. The lowest BCUT2D eigenvalue weighted by atomic mass is 10.1. The first kappa shape index (κ1) is 15.3. The molecule has 4 nitrogen and oxygen atoms in total. The summed E-state index contributed by atoms with van der Waals surface area (Å²) in [4.78, 5) is 19.0. The highest BCUT2D eigenvalue weighted by Crippen LogP contribution is 2.22. The van der Waals surface area contributed by atoms with Crippen LogP contribution in [-0.2, 0) is 0 Å². The monoisotopic (exact) mass is 285 g/mol. The van der Waals surface area contributed by atoms with E-state index in [9.17, 15) is 4.79 Å². The van der Waals surface area contributed by atoms with Gasteiger partial charge < -0.3 is 10.2 Å². The molecule has 1 aromatic heterocycles. The van der Waals surface area contributed by atoms with Gasteiger partial charge in [-0.05, 0) is 18.1 Å². The molecule has 1 heterocycles. The molecule has 0 radical (unpaired) electrons. The van der Waals surface area contributed by atoms with Crippen molar-refractivity contribution >= 4 is 22.6 Å². The molecule has 1 unspecified atom stereocenters. The Bertz CT molecular complexity index is 639. The van der Waals surface area contributed by atoms with Gasteiger partial charge in [0, 0.05) is 26.0 Å². The van der Waals surface area contributed by atoms with Crippen LogP contribution in [0, 0.1) is 5.92 Å². The number of amides is 1. The first-order chi connectivity index (χ1) is 10.1. The van der Waals surface area contributed by atoms with Crippen LogP contribution in [-0.4, -0.2) is 36.4 Å². The number of nitrogens with one attached hydrogen (secondary N) is 1. The van der Waals surface area contributed by atoms with Gasteiger partial charge in [0.1, 0.15) is 5.82 Å². The van der Waals surface area contributed by atoms with E-state index >= 15 is 0 Å². The average molecular weight is 285 g/mol. The molecule has 0 saturated carbocycles. The van der Waals surface area contributed by atoms with Gasteiger partial charge in [-0.1, -0.05) is 38.5 Å². The van der Waals surface area contributed by atoms with Crippen molar-refractivity contribution in [3.05, 3.63) is 35.9 Å². The summed E-state index contributed by atoms with van der Waals surface area (Å²) in [5.74, 6) is 1.26. The zero-order chi connectivity index (χ0) is 15.4. The van der Waals surface area contributed by atoms with Crippen LogP contribution in [0.25, 0.3) is 10.9 Å². The van der Waals surface area contributed by atoms with E-state index in [2.05, 4.69) is 24.1 Å². The van der Waals surface area contributed by atoms with Gasteiger partial charge in [-0.25, -0.2) is 4.98 Å². The number of fused-ring (bicyclic) bond motifs is 1. The highest BCUT2D eigenvalue weighted by atomic mass is 16.2. The lowest BCUT2D eigenvalue weighted by molar-refractivity contribution is 0.0777. The normalized spacial score (nSPS) is 12.2. The molecular weight excluding hydrogens is 262 g/mol. The Kier molecular flexibility index (Phi) is 4.78. The first-order valence-electron chi connectivity index (χ1n) is 7.39. The minimum Gasteiger partial charge on any atom is -0.373 e. The van der Waals surface area contributed by atoms with Gasteiger partial charge in [0.2, 0.25) is 0 Å². The highest BCUT2D eigenvalue weighted by Gasteiger charge is 2.17. The SMILES string of the molecule is CCC(C)CN(C)C(=O)c1cc(NC)nc2ccccc12. The van der Waals surface area contributed by atoms with E-state index in [1.54, 1.807) is 4.90 Å². The number of aromatic nitrogens is 1. The maximum Gasteiger partial charge on any atom is 0.254 e. The summed E-state index contributed by atoms with van der Waals surface area (Å²) < 4.78 is 0. The van der Waals surface area contributed by atoms with Gasteiger partial charge in [-0.2, -0.15) is 0 Å². The second-order valence-corrected chi connectivity index (χ2v) is 5.52. The molecule has 2 aromatic rings. The molecule has 112 valence electrons. The Labute approximate surface area is 126 Å². The van der Waals surface area contributed by atoms with Crippen molar-refractivity contribution in [3.63, 3.8) is 0 Å². The molecule has 1 aromatic carbocycles. The topological polar surface area (TPSA) is 45.2 Å². The first-order valence-corrected chi connectivity index (χ1v) is 7.39. The van der Waals surface area contributed by atoms with Crippen LogP contribution in [0.3, 0.4) is 0 Å². The number of nitrogens with zero attached hydrogens (tertiary/aromatic N) is 2. The van der Waals surface area contributed by atoms with Gasteiger partial charge in [-0.15, -0.1) is 0 Å². The molecule has 0 spiro atoms. The standard InChI is InChI=1S/C17H23N3O/c1-5-12(2)11-20(4)17(21)14-10-16(18-3)19-15-9-7-6-8-13(14)15/h6-10,12H,5,11H2,1-4H3,(H,18,19). The molecule has 0 bridgehead atoms. The number of pyridine rings is 1. The van der Waals surface area contributed by atoms with Crippen LogP contribution >= 0.6 is 0 Å². The van der Waals surface area contributed by atoms with E-state index in [0.717, 1.165) is 23.9 Å². The number of hydrogen-bond donors (Lipinski definition) is 1. The van der Waals surface area contributed by atoms with Gasteiger partial charge in [-0.3, -0.25) is 4.79 Å². The van der Waals surface area contributed by atoms with E-state index < -0.39 is 0 Å². The lowest BCUT2D eigenvalue weighted by Crippen LogP contribution is -2.31. The molecule has 0 aliphatic carbocycles. The number of benzene rings is 1. The third-order valence-electron chi connectivity index (χ3n) is 3.83. The predicted octanol–water partition coefficient (Wildman–Crippen LogP) is 3.39. The molecule has 0 fully saturated rings. The molecular formula is C17H23N3O. The number of carbonyl (C=O) groups is 1. The number of hydrogen-bond acceptors (Lipinski definition) is 3. The number of para-hydroxylation sites is 1. The van der Waals surface area contributed by atoms with E-state index in [1.807, 2.05) is 44.4 Å². The van der Waals surface area contributed by atoms with E-state index in [4.69, 9.17) is 0 Å². The summed E-state index contributed by atoms with van der Waals surface area (Å²) in [7, 11) is 3.68. The minimum atomic E-state index is 0.0467. The second-order valence-electron chi connectivity index (χ2n) is 5.52. The van der Waals surface area contributed by atoms with Crippen LogP contribution in [0.15, 0.2) is 30.3 Å². The Hall–Kier alpha value is -2.10. The van der Waals surface area contributed by atoms with E-state index in [1.165, 1.54) is 0 Å². The summed E-state index contributed by atoms with van der Waals surface area (Å²) in [5, 5.41) is 3.92. The molecule has 4 heteroatoms. The molecule has 1 atom stereocenters. The second kappa shape index (κ2) is 6.57. The molecule has 0 saturated heterocycles. The Morgan fingerprint density at radius 1 is 1.38 bits per heavy atom. The summed E-state index contributed by atoms with van der Waals surface area (Å²) >= 11 is 0. The van der Waals surface area contributed by atoms with Crippen LogP contribution in [0.4, 0.5) is 5.82 Å². The maximum absolute atomic E-state index is 12.7. The van der Waals surface area contributed by atoms with Crippen LogP contribution in [0.2, 0.25) is 0 Å². The fourth-order valence-electron chi connectivity index (χ4n) is 2.37. The number of rotatable bonds is 5. The van der Waals surface area contributed by atoms with Gasteiger partial charge in [0.25, 0.3) is 5.91 Å². The van der Waals surface area contributed by atoms with Crippen molar-refractivity contribution in [2.45, 2.75) is 20.3 Å². The summed E-state index contributed by atoms with van der Waals surface area (Å²) in [6.45, 7) is 5.07. The van der Waals surface area contributed by atoms with E-state index in [0.29, 0.717) is 17.3 Å². The number of carbonyl (C=O) groups excluding carboxylic acids is 1. The van der Waals surface area contributed by atoms with Crippen molar-refractivity contribution < 1.29 is 4.79 Å². The summed E-state index contributed by atoms with van der Waals surface area (Å²) in [6.07, 6.45) is 1.07. The third-order valence-corrected chi connectivity index (χ3v) is 3.83. The van der Waals surface area contributed by atoms with Crippen molar-refractivity contribution in [1.82, 2.24) is 9.88 Å². The van der Waals surface area contributed by atoms with Crippen LogP contribution in [0.5, 0.6) is 0 Å². The van der Waals surface area contributed by atoms with Gasteiger partial charge >= 0.3 is 0 Å². The largest absolute Gasteiger partial charge is 0.373 e. The Morgan fingerprint density at radius 2 is 2.10 bits per heavy atom. The Morgan fingerprint density at radius 3 is 2.76 bits per heavy atom. The maximum atomic E-state index is 12.7. The fraction of sp³-hybridized carbons (Fsp3) is 0.412. The molecule has 0 aliphatic heterocycles. The van der Waals surface area contributed by atoms with E-state index in [-0.39, 0.29) is 5.91 Å². The molecule has 1 N–H and O–H groups in total. The van der Waals surface area contributed by atoms with Crippen molar-refractivity contribution in [1.29, 1.82) is 0 Å². The van der Waals surface area contributed by atoms with Crippen LogP contribution < -0.4 is 5.32 Å². The van der Waals surface area contributed by atoms with Crippen molar-refractivity contribution in [2.24, 2.45) is 5.92 Å². The summed E-state index contributed by atoms with van der Waals surface area (Å²) in [6, 6.07) is 9.59. The average Bonchev–Trinajstić information content (AvgIpc) is 2.52. The van der Waals surface area contributed by atoms with Crippen molar-refractivity contribution in [2.75, 3.05) is 26.0 Å². The van der Waals surface area contributed by atoms with Gasteiger partial charge in [0.05, 0.1) is 11.1 Å². The third kappa shape index (κ3) is 3.32. The molecule has 21 heavy (non-hydrogen) atoms. The highest BCUT2D eigenvalue weighted by molar-refractivity contribution is 6.06. The van der Waals surface area contributed by atoms with Crippen molar-refractivity contribution in [3.8, 4) is 0 Å². The lowest BCUT2D eigenvalue weighted by Gasteiger charge is -2.21. The van der Waals surface area contributed by atoms with Crippen LogP contribution in [0.1, 0.15) is 30.6 Å². The minimum absolute atomic E-state index is 0.0467. The molecule has 1 amide bonds. The Balaban J connectivity index is 2.42. The smallest absolute Gasteiger partial charge is 0.254 e. The van der Waals surface area contributed by atoms with Gasteiger partial charge in [0.15, 0.2) is 0 Å². The fourth-order valence-corrected chi connectivity index (χ4v) is 2.37.